The maximum atomic E-state index is 7.58. The number of aromatic nitrogens is 2. The van der Waals surface area contributed by atoms with Crippen molar-refractivity contribution in [3.05, 3.63) is 322 Å². The molecule has 0 radical (unpaired) electrons. The van der Waals surface area contributed by atoms with E-state index < -0.39 is 0 Å². The van der Waals surface area contributed by atoms with Crippen LogP contribution in [0.1, 0.15) is 0 Å². The summed E-state index contributed by atoms with van der Waals surface area (Å²) in [5.41, 5.74) is 24.2. The van der Waals surface area contributed by atoms with Gasteiger partial charge in [0.2, 0.25) is 0 Å². The van der Waals surface area contributed by atoms with Gasteiger partial charge in [-0.3, -0.25) is 0 Å². The second kappa shape index (κ2) is 20.9. The zero-order chi connectivity index (χ0) is 61.5. The molecule has 10 heteroatoms. The quantitative estimate of drug-likeness (QED) is 0.135. The number of benzene rings is 14. The van der Waals surface area contributed by atoms with E-state index in [1.807, 2.05) is 0 Å². The molecule has 0 atom stereocenters. The van der Waals surface area contributed by atoms with E-state index in [0.29, 0.717) is 0 Å². The first-order valence-corrected chi connectivity index (χ1v) is 33.8. The molecular formula is C84H53B2N5O2Se. The van der Waals surface area contributed by atoms with Gasteiger partial charge in [0.15, 0.2) is 0 Å². The van der Waals surface area contributed by atoms with E-state index in [0.717, 1.165) is 118 Å². The Morgan fingerprint density at radius 3 is 1.13 bits per heavy atom. The van der Waals surface area contributed by atoms with Crippen LogP contribution in [0.15, 0.2) is 322 Å². The minimum absolute atomic E-state index is 0.0779. The molecule has 0 saturated heterocycles. The summed E-state index contributed by atoms with van der Waals surface area (Å²) in [5.74, 6) is 3.12. The van der Waals surface area contributed by atoms with Crippen LogP contribution in [0.4, 0.5) is 51.2 Å². The van der Waals surface area contributed by atoms with E-state index >= 15 is 0 Å². The first-order chi connectivity index (χ1) is 46.7. The zero-order valence-electron chi connectivity index (χ0n) is 50.7. The van der Waals surface area contributed by atoms with Gasteiger partial charge in [-0.05, 0) is 18.2 Å². The molecule has 0 spiro atoms. The Balaban J connectivity index is 0.816. The second-order valence-corrected chi connectivity index (χ2v) is 26.9. The fourth-order valence-corrected chi connectivity index (χ4v) is 18.4. The summed E-state index contributed by atoms with van der Waals surface area (Å²) in [5, 5.41) is 4.63. The molecule has 6 heterocycles. The van der Waals surface area contributed by atoms with Crippen molar-refractivity contribution in [2.45, 2.75) is 0 Å². The molecule has 7 nitrogen and oxygen atoms in total. The van der Waals surface area contributed by atoms with E-state index in [1.165, 1.54) is 52.5 Å². The molecule has 4 aliphatic heterocycles. The van der Waals surface area contributed by atoms with Gasteiger partial charge in [0.25, 0.3) is 0 Å². The Bertz CT molecular complexity index is 5770. The molecule has 94 heavy (non-hydrogen) atoms. The van der Waals surface area contributed by atoms with E-state index in [1.54, 1.807) is 0 Å². The number of nitrogens with zero attached hydrogens (tertiary/aromatic N) is 5. The minimum atomic E-state index is -0.187. The number of fused-ring (bicyclic) bond motifs is 14. The van der Waals surface area contributed by atoms with Crippen molar-refractivity contribution < 1.29 is 9.47 Å². The molecule has 0 aliphatic carbocycles. The Morgan fingerprint density at radius 2 is 0.638 bits per heavy atom. The molecule has 0 N–H and O–H groups in total. The molecule has 0 fully saturated rings. The number of para-hydroxylation sites is 11. The predicted octanol–water partition coefficient (Wildman–Crippen LogP) is 15.8. The van der Waals surface area contributed by atoms with Crippen LogP contribution in [0, 0.1) is 0 Å². The molecule has 14 aromatic carbocycles. The average Bonchev–Trinajstić information content (AvgIpc) is 0.927. The van der Waals surface area contributed by atoms with Crippen molar-refractivity contribution in [2.75, 3.05) is 14.7 Å². The Kier molecular flexibility index (Phi) is 11.8. The summed E-state index contributed by atoms with van der Waals surface area (Å²) in [6.45, 7) is -0.219. The van der Waals surface area contributed by atoms with Crippen molar-refractivity contribution in [1.29, 1.82) is 0 Å². The molecule has 0 bridgehead atoms. The van der Waals surface area contributed by atoms with E-state index in [4.69, 9.17) is 9.47 Å². The summed E-state index contributed by atoms with van der Waals surface area (Å²) < 4.78 is 22.4. The SMILES string of the molecule is c1ccc(N2c3ccccc3B3c4cc5c(cc4[Se]c4cc(Oc6cccc7c8ccccc8n(-c8ccccc8)c67)cc2c43)N(c2ccccc2)c2cc(Oc3cccc4c6ccccc6n(-c6ccccc6)c34)cc3c2B5c2ccccc2N3c2ccccc2)cc1. The number of rotatable bonds is 9. The van der Waals surface area contributed by atoms with E-state index in [2.05, 4.69) is 345 Å². The Labute approximate surface area is 550 Å². The summed E-state index contributed by atoms with van der Waals surface area (Å²) in [6, 6.07) is 117. The monoisotopic (exact) mass is 1270 g/mol. The molecule has 16 aromatic rings. The van der Waals surface area contributed by atoms with Gasteiger partial charge >= 0.3 is 499 Å². The van der Waals surface area contributed by atoms with Crippen LogP contribution in [0.2, 0.25) is 0 Å². The maximum absolute atomic E-state index is 7.58. The summed E-state index contributed by atoms with van der Waals surface area (Å²) in [6.07, 6.45) is 0. The fraction of sp³-hybridized carbons (Fsp3) is 0. The second-order valence-electron chi connectivity index (χ2n) is 24.7. The summed E-state index contributed by atoms with van der Waals surface area (Å²) >= 11 is -0.187. The standard InChI is InChI=1S/C84H53B2N5O2Se/c1-6-26-54(27-7-1)87-71-44-22-18-40-65(71)85-67-52-68-79(53-73(67)89(56-30-10-3-11-31-56)75-49-59(48-74(87)81(75)85)92-77-46-24-38-63-61-36-16-20-42-69(61)90(83(63)77)57-32-12-4-13-33-57)94-80-51-60(50-76-82(80)86(68)66-41-19-23-45-72(66)88(76)55-28-8-2-9-29-55)93-78-47-25-39-64-62-37-17-21-43-70(62)91(84(64)78)58-34-14-5-15-35-58/h1-53H. The third-order valence-electron chi connectivity index (χ3n) is 19.6. The topological polar surface area (TPSA) is 38.0 Å². The van der Waals surface area contributed by atoms with Gasteiger partial charge in [0.05, 0.1) is 0 Å². The predicted molar refractivity (Wildman–Crippen MR) is 393 cm³/mol. The Morgan fingerprint density at radius 1 is 0.255 bits per heavy atom. The van der Waals surface area contributed by atoms with Crippen molar-refractivity contribution in [1.82, 2.24) is 9.13 Å². The fourth-order valence-electron chi connectivity index (χ4n) is 15.9. The number of ether oxygens (including phenoxy) is 2. The summed E-state index contributed by atoms with van der Waals surface area (Å²) in [7, 11) is 0. The van der Waals surface area contributed by atoms with Crippen LogP contribution in [0.3, 0.4) is 0 Å². The third-order valence-corrected chi connectivity index (χ3v) is 21.9. The van der Waals surface area contributed by atoms with Gasteiger partial charge in [-0.2, -0.15) is 0 Å². The van der Waals surface area contributed by atoms with Crippen LogP contribution in [0.5, 0.6) is 23.0 Å². The summed E-state index contributed by atoms with van der Waals surface area (Å²) in [4.78, 5) is 7.48. The van der Waals surface area contributed by atoms with Crippen LogP contribution < -0.4 is 65.9 Å². The average molecular weight is 1260 g/mol. The molecule has 0 unspecified atom stereocenters. The van der Waals surface area contributed by atoms with Crippen molar-refractivity contribution in [3.8, 4) is 34.4 Å². The van der Waals surface area contributed by atoms with E-state index in [-0.39, 0.29) is 28.4 Å². The van der Waals surface area contributed by atoms with Crippen molar-refractivity contribution >= 4 is 165 Å². The zero-order valence-corrected chi connectivity index (χ0v) is 52.4. The normalized spacial score (nSPS) is 13.2. The molecule has 20 rings (SSSR count). The van der Waals surface area contributed by atoms with Gasteiger partial charge < -0.3 is 0 Å². The molecule has 4 aliphatic rings. The van der Waals surface area contributed by atoms with Gasteiger partial charge in [0, 0.05) is 0 Å². The number of hydrogen-bond acceptors (Lipinski definition) is 5. The first-order valence-electron chi connectivity index (χ1n) is 32.1. The molecular weight excluding hydrogens is 1210 g/mol. The van der Waals surface area contributed by atoms with Crippen molar-refractivity contribution in [3.63, 3.8) is 0 Å². The van der Waals surface area contributed by atoms with E-state index in [9.17, 15) is 0 Å². The molecule has 438 valence electrons. The van der Waals surface area contributed by atoms with Gasteiger partial charge in [-0.25, -0.2) is 0 Å². The van der Waals surface area contributed by atoms with Crippen LogP contribution >= 0.6 is 0 Å². The first kappa shape index (κ1) is 53.0. The van der Waals surface area contributed by atoms with Crippen LogP contribution in [-0.2, 0) is 0 Å². The van der Waals surface area contributed by atoms with Gasteiger partial charge in [-0.1, -0.05) is 36.4 Å². The van der Waals surface area contributed by atoms with Gasteiger partial charge in [0.1, 0.15) is 0 Å². The number of anilines is 9. The third kappa shape index (κ3) is 7.94. The molecule has 0 saturated carbocycles. The molecule has 0 amide bonds. The Hall–Kier alpha value is -11.7. The van der Waals surface area contributed by atoms with Crippen molar-refractivity contribution in [2.24, 2.45) is 0 Å². The number of hydrogen-bond donors (Lipinski definition) is 0. The van der Waals surface area contributed by atoms with Crippen LogP contribution in [0.25, 0.3) is 55.0 Å². The molecule has 2 aromatic heterocycles. The van der Waals surface area contributed by atoms with Gasteiger partial charge in [-0.15, -0.1) is 0 Å². The van der Waals surface area contributed by atoms with Crippen LogP contribution in [-0.4, -0.2) is 37.5 Å².